The van der Waals surface area contributed by atoms with Crippen LogP contribution in [0.1, 0.15) is 24.4 Å². The molecule has 0 bridgehead atoms. The van der Waals surface area contributed by atoms with Gasteiger partial charge < -0.3 is 14.4 Å². The zero-order valence-corrected chi connectivity index (χ0v) is 10.0. The van der Waals surface area contributed by atoms with Gasteiger partial charge in [-0.3, -0.25) is 0 Å². The van der Waals surface area contributed by atoms with Crippen LogP contribution in [0.15, 0.2) is 35.0 Å². The Morgan fingerprint density at radius 2 is 2.29 bits per heavy atom. The number of ether oxygens (including phenoxy) is 1. The van der Waals surface area contributed by atoms with E-state index in [9.17, 15) is 5.11 Å². The zero-order chi connectivity index (χ0) is 12.3. The lowest BCUT2D eigenvalue weighted by molar-refractivity contribution is 0.186. The Bertz CT molecular complexity index is 483. The SMILES string of the molecule is C[C@H](O)c1cc(Cl)ccc1OCc1ccno1. The van der Waals surface area contributed by atoms with Gasteiger partial charge in [-0.05, 0) is 25.1 Å². The van der Waals surface area contributed by atoms with Gasteiger partial charge in [0.1, 0.15) is 12.4 Å². The molecule has 0 unspecified atom stereocenters. The van der Waals surface area contributed by atoms with E-state index in [1.54, 1.807) is 37.4 Å². The van der Waals surface area contributed by atoms with Crippen LogP contribution < -0.4 is 4.74 Å². The Kier molecular flexibility index (Phi) is 3.66. The van der Waals surface area contributed by atoms with Crippen LogP contribution in [0.4, 0.5) is 0 Å². The fourth-order valence-corrected chi connectivity index (χ4v) is 1.62. The highest BCUT2D eigenvalue weighted by molar-refractivity contribution is 6.30. The van der Waals surface area contributed by atoms with E-state index in [2.05, 4.69) is 5.16 Å². The average molecular weight is 254 g/mol. The van der Waals surface area contributed by atoms with E-state index >= 15 is 0 Å². The minimum Gasteiger partial charge on any atom is -0.485 e. The second-order valence-corrected chi connectivity index (χ2v) is 4.06. The van der Waals surface area contributed by atoms with Gasteiger partial charge in [0, 0.05) is 16.7 Å². The smallest absolute Gasteiger partial charge is 0.174 e. The van der Waals surface area contributed by atoms with Gasteiger partial charge in [0.25, 0.3) is 0 Å². The number of halogens is 1. The van der Waals surface area contributed by atoms with E-state index in [4.69, 9.17) is 20.9 Å². The van der Waals surface area contributed by atoms with Crippen molar-refractivity contribution in [3.8, 4) is 5.75 Å². The van der Waals surface area contributed by atoms with Crippen molar-refractivity contribution in [1.82, 2.24) is 5.16 Å². The van der Waals surface area contributed by atoms with Crippen molar-refractivity contribution in [2.75, 3.05) is 0 Å². The summed E-state index contributed by atoms with van der Waals surface area (Å²) >= 11 is 5.87. The summed E-state index contributed by atoms with van der Waals surface area (Å²) in [5.74, 6) is 1.21. The second-order valence-electron chi connectivity index (χ2n) is 3.63. The molecule has 1 aromatic carbocycles. The standard InChI is InChI=1S/C12H12ClNO3/c1-8(15)11-6-9(13)2-3-12(11)16-7-10-4-5-14-17-10/h2-6,8,15H,7H2,1H3/t8-/m0/s1. The molecule has 1 aromatic heterocycles. The van der Waals surface area contributed by atoms with E-state index in [1.807, 2.05) is 0 Å². The largest absolute Gasteiger partial charge is 0.485 e. The number of nitrogens with zero attached hydrogens (tertiary/aromatic N) is 1. The molecule has 0 fully saturated rings. The lowest BCUT2D eigenvalue weighted by atomic mass is 10.1. The van der Waals surface area contributed by atoms with Crippen molar-refractivity contribution in [1.29, 1.82) is 0 Å². The number of rotatable bonds is 4. The van der Waals surface area contributed by atoms with Gasteiger partial charge in [-0.15, -0.1) is 0 Å². The predicted molar refractivity (Wildman–Crippen MR) is 62.9 cm³/mol. The van der Waals surface area contributed by atoms with Gasteiger partial charge in [0.15, 0.2) is 5.76 Å². The van der Waals surface area contributed by atoms with E-state index in [0.29, 0.717) is 22.1 Å². The summed E-state index contributed by atoms with van der Waals surface area (Å²) in [5, 5.41) is 13.8. The Hall–Kier alpha value is -1.52. The van der Waals surface area contributed by atoms with Crippen LogP contribution >= 0.6 is 11.6 Å². The van der Waals surface area contributed by atoms with Gasteiger partial charge in [0.2, 0.25) is 0 Å². The summed E-state index contributed by atoms with van der Waals surface area (Å²) in [6, 6.07) is 6.84. The Morgan fingerprint density at radius 1 is 1.47 bits per heavy atom. The number of aliphatic hydroxyl groups excluding tert-OH is 1. The average Bonchev–Trinajstić information content (AvgIpc) is 2.80. The van der Waals surface area contributed by atoms with E-state index in [1.165, 1.54) is 0 Å². The lowest BCUT2D eigenvalue weighted by Gasteiger charge is -2.12. The Labute approximate surface area is 104 Å². The molecule has 0 aliphatic rings. The monoisotopic (exact) mass is 253 g/mol. The maximum absolute atomic E-state index is 9.61. The molecule has 17 heavy (non-hydrogen) atoms. The molecular formula is C12H12ClNO3. The van der Waals surface area contributed by atoms with E-state index in [0.717, 1.165) is 0 Å². The lowest BCUT2D eigenvalue weighted by Crippen LogP contribution is -2.00. The molecule has 1 N–H and O–H groups in total. The van der Waals surface area contributed by atoms with Gasteiger partial charge in [-0.1, -0.05) is 16.8 Å². The fourth-order valence-electron chi connectivity index (χ4n) is 1.44. The van der Waals surface area contributed by atoms with Crippen molar-refractivity contribution < 1.29 is 14.4 Å². The third-order valence-corrected chi connectivity index (χ3v) is 2.52. The molecule has 0 saturated carbocycles. The minimum absolute atomic E-state index is 0.265. The highest BCUT2D eigenvalue weighted by Gasteiger charge is 2.10. The highest BCUT2D eigenvalue weighted by atomic mass is 35.5. The van der Waals surface area contributed by atoms with Crippen molar-refractivity contribution in [3.63, 3.8) is 0 Å². The summed E-state index contributed by atoms with van der Waals surface area (Å²) < 4.78 is 10.5. The summed E-state index contributed by atoms with van der Waals surface area (Å²) in [4.78, 5) is 0. The van der Waals surface area contributed by atoms with Crippen LogP contribution in [0.3, 0.4) is 0 Å². The van der Waals surface area contributed by atoms with E-state index < -0.39 is 6.10 Å². The molecule has 0 radical (unpaired) electrons. The normalized spacial score (nSPS) is 12.4. The summed E-state index contributed by atoms with van der Waals surface area (Å²) in [6.07, 6.45) is 0.911. The van der Waals surface area contributed by atoms with Crippen LogP contribution in [0, 0.1) is 0 Å². The molecule has 0 spiro atoms. The first-order valence-electron chi connectivity index (χ1n) is 5.16. The minimum atomic E-state index is -0.640. The second kappa shape index (κ2) is 5.21. The number of hydrogen-bond donors (Lipinski definition) is 1. The molecule has 4 nitrogen and oxygen atoms in total. The van der Waals surface area contributed by atoms with Gasteiger partial charge in [-0.2, -0.15) is 0 Å². The fraction of sp³-hybridized carbons (Fsp3) is 0.250. The van der Waals surface area contributed by atoms with Gasteiger partial charge in [-0.25, -0.2) is 0 Å². The molecule has 1 heterocycles. The summed E-state index contributed by atoms with van der Waals surface area (Å²) in [7, 11) is 0. The summed E-state index contributed by atoms with van der Waals surface area (Å²) in [5.41, 5.74) is 0.650. The van der Waals surface area contributed by atoms with Gasteiger partial charge >= 0.3 is 0 Å². The van der Waals surface area contributed by atoms with Crippen molar-refractivity contribution in [3.05, 3.63) is 46.8 Å². The first kappa shape index (κ1) is 12.0. The topological polar surface area (TPSA) is 55.5 Å². The van der Waals surface area contributed by atoms with Crippen LogP contribution in [0.5, 0.6) is 5.75 Å². The van der Waals surface area contributed by atoms with E-state index in [-0.39, 0.29) is 6.61 Å². The van der Waals surface area contributed by atoms with Crippen molar-refractivity contribution >= 4 is 11.6 Å². The molecule has 0 aliphatic heterocycles. The Balaban J connectivity index is 2.14. The number of aromatic nitrogens is 1. The quantitative estimate of drug-likeness (QED) is 0.910. The number of hydrogen-bond acceptors (Lipinski definition) is 4. The van der Waals surface area contributed by atoms with Crippen LogP contribution in [0.25, 0.3) is 0 Å². The zero-order valence-electron chi connectivity index (χ0n) is 9.26. The first-order valence-corrected chi connectivity index (χ1v) is 5.54. The molecule has 0 saturated heterocycles. The number of benzene rings is 1. The molecule has 90 valence electrons. The van der Waals surface area contributed by atoms with Crippen molar-refractivity contribution in [2.24, 2.45) is 0 Å². The van der Waals surface area contributed by atoms with Gasteiger partial charge in [0.05, 0.1) is 12.3 Å². The highest BCUT2D eigenvalue weighted by Crippen LogP contribution is 2.28. The van der Waals surface area contributed by atoms with Crippen LogP contribution in [0.2, 0.25) is 5.02 Å². The Morgan fingerprint density at radius 3 is 2.94 bits per heavy atom. The summed E-state index contributed by atoms with van der Waals surface area (Å²) in [6.45, 7) is 1.92. The third-order valence-electron chi connectivity index (χ3n) is 2.28. The maximum Gasteiger partial charge on any atom is 0.174 e. The molecule has 2 rings (SSSR count). The molecule has 0 aliphatic carbocycles. The molecule has 5 heteroatoms. The molecular weight excluding hydrogens is 242 g/mol. The number of aliphatic hydroxyl groups is 1. The van der Waals surface area contributed by atoms with Crippen LogP contribution in [-0.2, 0) is 6.61 Å². The molecule has 0 amide bonds. The van der Waals surface area contributed by atoms with Crippen molar-refractivity contribution in [2.45, 2.75) is 19.6 Å². The maximum atomic E-state index is 9.61. The molecule has 2 aromatic rings. The third kappa shape index (κ3) is 2.99. The molecule has 1 atom stereocenters. The predicted octanol–water partition coefficient (Wildman–Crippen LogP) is 2.96. The first-order chi connectivity index (χ1) is 8.16. The van der Waals surface area contributed by atoms with Crippen LogP contribution in [-0.4, -0.2) is 10.3 Å².